The SMILES string of the molecule is C#CCNS(=O)(=O)c1ccc(C(=O)NC[C@H](c2ccc(OC)cc2)c2c[nH]c3ccccc23)cc1. The number of terminal acetylenes is 1. The molecule has 0 unspecified atom stereocenters. The van der Waals surface area contributed by atoms with Crippen molar-refractivity contribution in [1.82, 2.24) is 15.0 Å². The van der Waals surface area contributed by atoms with Crippen LogP contribution in [-0.2, 0) is 10.0 Å². The van der Waals surface area contributed by atoms with Gasteiger partial charge in [-0.05, 0) is 53.6 Å². The number of H-pyrrole nitrogens is 1. The van der Waals surface area contributed by atoms with Gasteiger partial charge in [-0.25, -0.2) is 8.42 Å². The Hall–Kier alpha value is -4.06. The summed E-state index contributed by atoms with van der Waals surface area (Å²) < 4.78 is 32.0. The van der Waals surface area contributed by atoms with Crippen molar-refractivity contribution in [3.63, 3.8) is 0 Å². The van der Waals surface area contributed by atoms with E-state index in [1.807, 2.05) is 54.7 Å². The molecule has 8 heteroatoms. The van der Waals surface area contributed by atoms with Crippen molar-refractivity contribution in [1.29, 1.82) is 0 Å². The monoisotopic (exact) mass is 487 g/mol. The van der Waals surface area contributed by atoms with E-state index in [9.17, 15) is 13.2 Å². The molecule has 1 atom stereocenters. The number of hydrogen-bond donors (Lipinski definition) is 3. The van der Waals surface area contributed by atoms with Gasteiger partial charge in [0.05, 0.1) is 18.6 Å². The molecule has 1 heterocycles. The number of nitrogens with one attached hydrogen (secondary N) is 3. The summed E-state index contributed by atoms with van der Waals surface area (Å²) in [5.41, 5.74) is 3.46. The van der Waals surface area contributed by atoms with Crippen LogP contribution >= 0.6 is 0 Å². The second kappa shape index (κ2) is 10.5. The largest absolute Gasteiger partial charge is 0.497 e. The van der Waals surface area contributed by atoms with Crippen LogP contribution in [0.4, 0.5) is 0 Å². The van der Waals surface area contributed by atoms with Crippen molar-refractivity contribution in [3.05, 3.63) is 95.7 Å². The highest BCUT2D eigenvalue weighted by Gasteiger charge is 2.20. The van der Waals surface area contributed by atoms with E-state index < -0.39 is 10.0 Å². The zero-order valence-electron chi connectivity index (χ0n) is 19.1. The third-order valence-corrected chi connectivity index (χ3v) is 7.19. The quantitative estimate of drug-likeness (QED) is 0.314. The molecule has 0 saturated heterocycles. The summed E-state index contributed by atoms with van der Waals surface area (Å²) in [7, 11) is -2.10. The maximum Gasteiger partial charge on any atom is 0.251 e. The molecule has 0 bridgehead atoms. The summed E-state index contributed by atoms with van der Waals surface area (Å²) in [5, 5.41) is 4.08. The molecular formula is C27H25N3O4S. The number of carbonyl (C=O) groups is 1. The molecule has 3 N–H and O–H groups in total. The first kappa shape index (κ1) is 24.1. The fourth-order valence-electron chi connectivity index (χ4n) is 3.93. The van der Waals surface area contributed by atoms with E-state index in [1.54, 1.807) is 7.11 Å². The van der Waals surface area contributed by atoms with E-state index in [2.05, 4.69) is 20.9 Å². The first-order valence-corrected chi connectivity index (χ1v) is 12.4. The number of aromatic amines is 1. The van der Waals surface area contributed by atoms with E-state index in [0.29, 0.717) is 12.1 Å². The van der Waals surface area contributed by atoms with Crippen LogP contribution in [0.15, 0.2) is 83.9 Å². The number of sulfonamides is 1. The van der Waals surface area contributed by atoms with Gasteiger partial charge in [0, 0.05) is 35.1 Å². The Bertz CT molecular complexity index is 1470. The van der Waals surface area contributed by atoms with Gasteiger partial charge in [-0.1, -0.05) is 36.3 Å². The van der Waals surface area contributed by atoms with Crippen LogP contribution in [-0.4, -0.2) is 39.5 Å². The molecule has 178 valence electrons. The zero-order valence-corrected chi connectivity index (χ0v) is 19.9. The number of benzene rings is 3. The Balaban J connectivity index is 1.56. The van der Waals surface area contributed by atoms with E-state index >= 15 is 0 Å². The summed E-state index contributed by atoms with van der Waals surface area (Å²) in [4.78, 5) is 16.3. The first-order valence-electron chi connectivity index (χ1n) is 10.9. The van der Waals surface area contributed by atoms with E-state index in [-0.39, 0.29) is 23.3 Å². The maximum atomic E-state index is 12.9. The molecule has 0 aliphatic rings. The van der Waals surface area contributed by atoms with Crippen LogP contribution in [0.25, 0.3) is 10.9 Å². The van der Waals surface area contributed by atoms with Crippen LogP contribution in [0.1, 0.15) is 27.4 Å². The van der Waals surface area contributed by atoms with Crippen LogP contribution in [0.5, 0.6) is 5.75 Å². The summed E-state index contributed by atoms with van der Waals surface area (Å²) in [5.74, 6) is 2.56. The minimum absolute atomic E-state index is 0.0409. The van der Waals surface area contributed by atoms with Gasteiger partial charge in [0.25, 0.3) is 5.91 Å². The van der Waals surface area contributed by atoms with Crippen molar-refractivity contribution in [2.45, 2.75) is 10.8 Å². The summed E-state index contributed by atoms with van der Waals surface area (Å²) >= 11 is 0. The second-order valence-corrected chi connectivity index (χ2v) is 9.65. The van der Waals surface area contributed by atoms with Crippen LogP contribution in [0.2, 0.25) is 0 Å². The number of hydrogen-bond acceptors (Lipinski definition) is 4. The second-order valence-electron chi connectivity index (χ2n) is 7.88. The Morgan fingerprint density at radius 3 is 2.46 bits per heavy atom. The number of para-hydroxylation sites is 1. The van der Waals surface area contributed by atoms with Gasteiger partial charge in [-0.2, -0.15) is 4.72 Å². The smallest absolute Gasteiger partial charge is 0.251 e. The Kier molecular flexibility index (Phi) is 7.20. The predicted octanol–water partition coefficient (Wildman–Crippen LogP) is 3.65. The molecule has 0 aliphatic carbocycles. The summed E-state index contributed by atoms with van der Waals surface area (Å²) in [6.07, 6.45) is 7.09. The van der Waals surface area contributed by atoms with Crippen molar-refractivity contribution >= 4 is 26.8 Å². The zero-order chi connectivity index (χ0) is 24.8. The third kappa shape index (κ3) is 5.38. The van der Waals surface area contributed by atoms with Gasteiger partial charge in [0.15, 0.2) is 0 Å². The summed E-state index contributed by atoms with van der Waals surface area (Å²) in [6.45, 7) is 0.238. The molecule has 4 aromatic rings. The van der Waals surface area contributed by atoms with Crippen molar-refractivity contribution in [2.24, 2.45) is 0 Å². The molecule has 1 amide bonds. The molecule has 3 aromatic carbocycles. The molecule has 0 aliphatic heterocycles. The number of amides is 1. The number of carbonyl (C=O) groups excluding carboxylic acids is 1. The number of rotatable bonds is 9. The van der Waals surface area contributed by atoms with Gasteiger partial charge in [-0.15, -0.1) is 6.42 Å². The van der Waals surface area contributed by atoms with Crippen molar-refractivity contribution in [3.8, 4) is 18.1 Å². The fourth-order valence-corrected chi connectivity index (χ4v) is 4.86. The average molecular weight is 488 g/mol. The minimum Gasteiger partial charge on any atom is -0.497 e. The highest BCUT2D eigenvalue weighted by molar-refractivity contribution is 7.89. The van der Waals surface area contributed by atoms with Gasteiger partial charge < -0.3 is 15.0 Å². The lowest BCUT2D eigenvalue weighted by molar-refractivity contribution is 0.0952. The van der Waals surface area contributed by atoms with E-state index in [4.69, 9.17) is 11.2 Å². The van der Waals surface area contributed by atoms with Crippen molar-refractivity contribution < 1.29 is 17.9 Å². The molecule has 35 heavy (non-hydrogen) atoms. The lowest BCUT2D eigenvalue weighted by Crippen LogP contribution is -2.29. The van der Waals surface area contributed by atoms with E-state index in [0.717, 1.165) is 27.8 Å². The van der Waals surface area contributed by atoms with Crippen LogP contribution in [0, 0.1) is 12.3 Å². The number of ether oxygens (including phenoxy) is 1. The molecule has 1 aromatic heterocycles. The van der Waals surface area contributed by atoms with Gasteiger partial charge in [-0.3, -0.25) is 4.79 Å². The normalized spacial score (nSPS) is 12.1. The standard InChI is InChI=1S/C27H25N3O4S/c1-3-16-30-35(32,33)22-14-10-20(11-15-22)27(31)29-17-24(19-8-12-21(34-2)13-9-19)25-18-28-26-7-5-4-6-23(25)26/h1,4-15,18,24,28,30H,16-17H2,2H3,(H,29,31)/t24-/m1/s1. The predicted molar refractivity (Wildman–Crippen MR) is 136 cm³/mol. The Morgan fingerprint density at radius 2 is 1.77 bits per heavy atom. The molecule has 4 rings (SSSR count). The fraction of sp³-hybridized carbons (Fsp3) is 0.148. The van der Waals surface area contributed by atoms with Gasteiger partial charge in [0.1, 0.15) is 5.75 Å². The Morgan fingerprint density at radius 1 is 1.06 bits per heavy atom. The highest BCUT2D eigenvalue weighted by Crippen LogP contribution is 2.31. The highest BCUT2D eigenvalue weighted by atomic mass is 32.2. The first-order chi connectivity index (χ1) is 16.9. The third-order valence-electron chi connectivity index (χ3n) is 5.77. The maximum absolute atomic E-state index is 12.9. The van der Waals surface area contributed by atoms with E-state index in [1.165, 1.54) is 24.3 Å². The lowest BCUT2D eigenvalue weighted by Gasteiger charge is -2.19. The van der Waals surface area contributed by atoms with Crippen molar-refractivity contribution in [2.75, 3.05) is 20.2 Å². The van der Waals surface area contributed by atoms with Crippen LogP contribution < -0.4 is 14.8 Å². The van der Waals surface area contributed by atoms with Gasteiger partial charge >= 0.3 is 0 Å². The number of aromatic nitrogens is 1. The average Bonchev–Trinajstić information content (AvgIpc) is 3.32. The molecule has 0 radical (unpaired) electrons. The topological polar surface area (TPSA) is 100 Å². The van der Waals surface area contributed by atoms with Crippen LogP contribution in [0.3, 0.4) is 0 Å². The molecule has 0 saturated carbocycles. The molecule has 7 nitrogen and oxygen atoms in total. The molecular weight excluding hydrogens is 462 g/mol. The summed E-state index contributed by atoms with van der Waals surface area (Å²) in [6, 6.07) is 21.5. The lowest BCUT2D eigenvalue weighted by atomic mass is 9.90. The number of fused-ring (bicyclic) bond motifs is 1. The molecule has 0 spiro atoms. The Labute approximate surface area is 204 Å². The number of methoxy groups -OCH3 is 1. The molecule has 0 fully saturated rings. The van der Waals surface area contributed by atoms with Gasteiger partial charge in [0.2, 0.25) is 10.0 Å². The minimum atomic E-state index is -3.72.